The number of rotatable bonds is 6. The quantitative estimate of drug-likeness (QED) is 0.772. The van der Waals surface area contributed by atoms with Crippen molar-refractivity contribution in [2.24, 2.45) is 5.92 Å². The van der Waals surface area contributed by atoms with Gasteiger partial charge in [0.05, 0.1) is 18.6 Å². The number of benzene rings is 1. The van der Waals surface area contributed by atoms with Gasteiger partial charge in [0.25, 0.3) is 0 Å². The second-order valence-electron chi connectivity index (χ2n) is 8.87. The summed E-state index contributed by atoms with van der Waals surface area (Å²) in [6, 6.07) is 10.6. The van der Waals surface area contributed by atoms with Gasteiger partial charge in [-0.3, -0.25) is 9.80 Å². The second kappa shape index (κ2) is 7.62. The standard InChI is InChI=1S/C23H32N4O/c1-17-3-5-18(6-4-17)21-15-27(14-20-13-24-16-26(20)11-12-28-2)22-19-7-9-25(10-8-19)23(21)22/h3-6,13,16,19,21-23H,7-12,14-15H2,1-2H3/t21-,22-,23-/m0/s1. The topological polar surface area (TPSA) is 33.5 Å². The summed E-state index contributed by atoms with van der Waals surface area (Å²) < 4.78 is 7.54. The fourth-order valence-electron chi connectivity index (χ4n) is 5.91. The Morgan fingerprint density at radius 2 is 1.89 bits per heavy atom. The summed E-state index contributed by atoms with van der Waals surface area (Å²) in [6.07, 6.45) is 6.73. The summed E-state index contributed by atoms with van der Waals surface area (Å²) in [7, 11) is 1.76. The molecule has 1 aromatic carbocycles. The van der Waals surface area contributed by atoms with Crippen LogP contribution in [0.4, 0.5) is 0 Å². The molecule has 4 saturated heterocycles. The third kappa shape index (κ3) is 3.19. The van der Waals surface area contributed by atoms with Gasteiger partial charge in [0.2, 0.25) is 0 Å². The number of imidazole rings is 1. The molecule has 5 heteroatoms. The molecule has 4 aliphatic rings. The Morgan fingerprint density at radius 3 is 2.64 bits per heavy atom. The third-order valence-corrected chi connectivity index (χ3v) is 7.30. The van der Waals surface area contributed by atoms with E-state index in [4.69, 9.17) is 4.74 Å². The molecule has 2 bridgehead atoms. The number of nitrogens with zero attached hydrogens (tertiary/aromatic N) is 4. The van der Waals surface area contributed by atoms with Crippen molar-refractivity contribution in [3.8, 4) is 0 Å². The van der Waals surface area contributed by atoms with Gasteiger partial charge in [-0.25, -0.2) is 4.98 Å². The number of piperidine rings is 3. The van der Waals surface area contributed by atoms with Crippen molar-refractivity contribution in [1.82, 2.24) is 19.4 Å². The molecule has 0 radical (unpaired) electrons. The molecule has 150 valence electrons. The summed E-state index contributed by atoms with van der Waals surface area (Å²) in [5.74, 6) is 1.46. The zero-order valence-electron chi connectivity index (χ0n) is 17.1. The maximum atomic E-state index is 5.28. The average Bonchev–Trinajstić information content (AvgIpc) is 3.34. The van der Waals surface area contributed by atoms with Crippen LogP contribution in [-0.4, -0.2) is 64.8 Å². The summed E-state index contributed by atoms with van der Waals surface area (Å²) in [6.45, 7) is 8.52. The number of ether oxygens (including phenoxy) is 1. The lowest BCUT2D eigenvalue weighted by Gasteiger charge is -2.51. The van der Waals surface area contributed by atoms with Crippen molar-refractivity contribution in [3.63, 3.8) is 0 Å². The highest BCUT2D eigenvalue weighted by Gasteiger charge is 2.53. The zero-order valence-corrected chi connectivity index (χ0v) is 17.1. The van der Waals surface area contributed by atoms with Crippen molar-refractivity contribution >= 4 is 0 Å². The molecule has 4 fully saturated rings. The molecule has 0 spiro atoms. The molecule has 0 saturated carbocycles. The van der Waals surface area contributed by atoms with E-state index in [0.717, 1.165) is 32.2 Å². The van der Waals surface area contributed by atoms with E-state index in [9.17, 15) is 0 Å². The van der Waals surface area contributed by atoms with Crippen LogP contribution < -0.4 is 0 Å². The second-order valence-corrected chi connectivity index (χ2v) is 8.87. The molecule has 0 amide bonds. The summed E-state index contributed by atoms with van der Waals surface area (Å²) in [5, 5.41) is 0. The monoisotopic (exact) mass is 380 g/mol. The van der Waals surface area contributed by atoms with Crippen molar-refractivity contribution in [2.45, 2.75) is 50.9 Å². The van der Waals surface area contributed by atoms with Gasteiger partial charge in [-0.15, -0.1) is 0 Å². The third-order valence-electron chi connectivity index (χ3n) is 7.30. The van der Waals surface area contributed by atoms with Crippen LogP contribution in [0.25, 0.3) is 0 Å². The Labute approximate surface area is 168 Å². The molecule has 4 aliphatic heterocycles. The number of aromatic nitrogens is 2. The van der Waals surface area contributed by atoms with E-state index < -0.39 is 0 Å². The molecule has 5 nitrogen and oxygen atoms in total. The molecule has 5 heterocycles. The highest BCUT2D eigenvalue weighted by molar-refractivity contribution is 5.30. The Balaban J connectivity index is 1.42. The van der Waals surface area contributed by atoms with Crippen LogP contribution in [0.5, 0.6) is 0 Å². The predicted molar refractivity (Wildman–Crippen MR) is 110 cm³/mol. The van der Waals surface area contributed by atoms with Gasteiger partial charge >= 0.3 is 0 Å². The molecule has 28 heavy (non-hydrogen) atoms. The number of hydrogen-bond donors (Lipinski definition) is 0. The SMILES string of the molecule is COCCn1cncc1CN1C[C@@H](c2ccc(C)cc2)[C@H]2[C@@H]1C1CCN2CC1. The Kier molecular flexibility index (Phi) is 4.99. The molecule has 3 atom stereocenters. The Hall–Kier alpha value is -1.69. The van der Waals surface area contributed by atoms with Gasteiger partial charge in [-0.1, -0.05) is 29.8 Å². The molecular weight excluding hydrogens is 348 g/mol. The summed E-state index contributed by atoms with van der Waals surface area (Å²) in [4.78, 5) is 9.98. The van der Waals surface area contributed by atoms with E-state index in [1.807, 2.05) is 12.5 Å². The largest absolute Gasteiger partial charge is 0.383 e. The predicted octanol–water partition coefficient (Wildman–Crippen LogP) is 2.90. The van der Waals surface area contributed by atoms with Crippen LogP contribution in [0, 0.1) is 12.8 Å². The van der Waals surface area contributed by atoms with Crippen LogP contribution in [0.3, 0.4) is 0 Å². The van der Waals surface area contributed by atoms with E-state index >= 15 is 0 Å². The van der Waals surface area contributed by atoms with Gasteiger partial charge in [-0.05, 0) is 44.3 Å². The van der Waals surface area contributed by atoms with Gasteiger partial charge in [0.1, 0.15) is 0 Å². The average molecular weight is 381 g/mol. The van der Waals surface area contributed by atoms with Crippen molar-refractivity contribution in [1.29, 1.82) is 0 Å². The van der Waals surface area contributed by atoms with Gasteiger partial charge in [0, 0.05) is 50.9 Å². The lowest BCUT2D eigenvalue weighted by Crippen LogP contribution is -2.60. The first kappa shape index (κ1) is 18.3. The van der Waals surface area contributed by atoms with Crippen LogP contribution in [0.2, 0.25) is 0 Å². The fourth-order valence-corrected chi connectivity index (χ4v) is 5.91. The van der Waals surface area contributed by atoms with Crippen molar-refractivity contribution in [2.75, 3.05) is 33.4 Å². The van der Waals surface area contributed by atoms with E-state index in [-0.39, 0.29) is 0 Å². The first-order valence-electron chi connectivity index (χ1n) is 10.8. The minimum atomic E-state index is 0.615. The van der Waals surface area contributed by atoms with Gasteiger partial charge in [-0.2, -0.15) is 0 Å². The maximum Gasteiger partial charge on any atom is 0.0949 e. The fraction of sp³-hybridized carbons (Fsp3) is 0.609. The first-order valence-corrected chi connectivity index (χ1v) is 10.8. The van der Waals surface area contributed by atoms with Crippen LogP contribution in [0.1, 0.15) is 35.6 Å². The number of fused-ring (bicyclic) bond motifs is 2. The van der Waals surface area contributed by atoms with Crippen LogP contribution in [-0.2, 0) is 17.8 Å². The first-order chi connectivity index (χ1) is 13.7. The lowest BCUT2D eigenvalue weighted by atomic mass is 9.75. The smallest absolute Gasteiger partial charge is 0.0949 e. The molecule has 0 N–H and O–H groups in total. The minimum absolute atomic E-state index is 0.615. The number of hydrogen-bond acceptors (Lipinski definition) is 4. The van der Waals surface area contributed by atoms with Crippen LogP contribution >= 0.6 is 0 Å². The highest BCUT2D eigenvalue weighted by Crippen LogP contribution is 2.46. The minimum Gasteiger partial charge on any atom is -0.383 e. The van der Waals surface area contributed by atoms with Gasteiger partial charge < -0.3 is 9.30 Å². The number of methoxy groups -OCH3 is 1. The molecule has 0 aliphatic carbocycles. The van der Waals surface area contributed by atoms with E-state index in [1.165, 1.54) is 42.8 Å². The Morgan fingerprint density at radius 1 is 1.11 bits per heavy atom. The maximum absolute atomic E-state index is 5.28. The molecule has 2 aromatic rings. The Bertz CT molecular complexity index is 793. The van der Waals surface area contributed by atoms with Gasteiger partial charge in [0.15, 0.2) is 0 Å². The molecule has 0 unspecified atom stereocenters. The summed E-state index contributed by atoms with van der Waals surface area (Å²) in [5.41, 5.74) is 4.18. The number of likely N-dealkylation sites (tertiary alicyclic amines) is 1. The van der Waals surface area contributed by atoms with Crippen molar-refractivity contribution in [3.05, 3.63) is 53.6 Å². The van der Waals surface area contributed by atoms with Crippen molar-refractivity contribution < 1.29 is 4.74 Å². The number of aryl methyl sites for hydroxylation is 1. The normalized spacial score (nSPS) is 32.0. The lowest BCUT2D eigenvalue weighted by molar-refractivity contribution is -0.00927. The summed E-state index contributed by atoms with van der Waals surface area (Å²) >= 11 is 0. The van der Waals surface area contributed by atoms with E-state index in [1.54, 1.807) is 7.11 Å². The molecular formula is C23H32N4O. The van der Waals surface area contributed by atoms with Crippen LogP contribution in [0.15, 0.2) is 36.8 Å². The van der Waals surface area contributed by atoms with E-state index in [0.29, 0.717) is 18.0 Å². The molecule has 6 rings (SSSR count). The highest BCUT2D eigenvalue weighted by atomic mass is 16.5. The molecule has 1 aromatic heterocycles. The zero-order chi connectivity index (χ0) is 19.1. The van der Waals surface area contributed by atoms with E-state index in [2.05, 4.69) is 50.5 Å².